The molecule has 0 spiro atoms. The van der Waals surface area contributed by atoms with Crippen molar-refractivity contribution in [3.8, 4) is 0 Å². The molecule has 4 rings (SSSR count). The molecule has 1 saturated heterocycles. The standard InChI is InChI=1S/C21H22N6O3/c1-15-13-18(30-25-15)20(29)24-17-5-3-16(4-6-17)14-19(28)26-9-11-27(12-10-26)21-22-7-2-8-23-21/h2-8,13H,9-12,14H2,1H3,(H,24,29). The van der Waals surface area contributed by atoms with Gasteiger partial charge in [0.05, 0.1) is 12.1 Å². The molecule has 2 amide bonds. The summed E-state index contributed by atoms with van der Waals surface area (Å²) in [7, 11) is 0. The average molecular weight is 406 g/mol. The van der Waals surface area contributed by atoms with Gasteiger partial charge in [0.15, 0.2) is 0 Å². The van der Waals surface area contributed by atoms with E-state index in [4.69, 9.17) is 4.52 Å². The van der Waals surface area contributed by atoms with Gasteiger partial charge in [-0.15, -0.1) is 0 Å². The van der Waals surface area contributed by atoms with Crippen molar-refractivity contribution in [2.24, 2.45) is 0 Å². The second-order valence-corrected chi connectivity index (χ2v) is 7.08. The third-order valence-corrected chi connectivity index (χ3v) is 4.89. The second kappa shape index (κ2) is 8.73. The molecule has 2 aromatic heterocycles. The third-order valence-electron chi connectivity index (χ3n) is 4.89. The largest absolute Gasteiger partial charge is 0.351 e. The van der Waals surface area contributed by atoms with E-state index in [9.17, 15) is 9.59 Å². The van der Waals surface area contributed by atoms with Crippen molar-refractivity contribution < 1.29 is 14.1 Å². The van der Waals surface area contributed by atoms with Gasteiger partial charge in [0, 0.05) is 50.3 Å². The van der Waals surface area contributed by atoms with Gasteiger partial charge in [-0.2, -0.15) is 0 Å². The SMILES string of the molecule is Cc1cc(C(=O)Nc2ccc(CC(=O)N3CCN(c4ncccn4)CC3)cc2)on1. The van der Waals surface area contributed by atoms with E-state index in [1.165, 1.54) is 0 Å². The zero-order chi connectivity index (χ0) is 20.9. The Morgan fingerprint density at radius 1 is 1.07 bits per heavy atom. The minimum absolute atomic E-state index is 0.0811. The summed E-state index contributed by atoms with van der Waals surface area (Å²) in [4.78, 5) is 37.2. The van der Waals surface area contributed by atoms with Gasteiger partial charge in [-0.1, -0.05) is 17.3 Å². The highest BCUT2D eigenvalue weighted by molar-refractivity contribution is 6.02. The van der Waals surface area contributed by atoms with Gasteiger partial charge in [0.1, 0.15) is 0 Å². The fourth-order valence-electron chi connectivity index (χ4n) is 3.27. The molecule has 30 heavy (non-hydrogen) atoms. The Morgan fingerprint density at radius 2 is 1.77 bits per heavy atom. The lowest BCUT2D eigenvalue weighted by atomic mass is 10.1. The summed E-state index contributed by atoms with van der Waals surface area (Å²) in [5.74, 6) is 0.576. The smallest absolute Gasteiger partial charge is 0.294 e. The Balaban J connectivity index is 1.28. The lowest BCUT2D eigenvalue weighted by Gasteiger charge is -2.34. The van der Waals surface area contributed by atoms with Crippen molar-refractivity contribution in [2.75, 3.05) is 36.4 Å². The summed E-state index contributed by atoms with van der Waals surface area (Å²) >= 11 is 0. The van der Waals surface area contributed by atoms with E-state index in [1.54, 1.807) is 43.6 Å². The van der Waals surface area contributed by atoms with Crippen LogP contribution in [0.2, 0.25) is 0 Å². The maximum atomic E-state index is 12.6. The number of rotatable bonds is 5. The van der Waals surface area contributed by atoms with Crippen LogP contribution in [0.25, 0.3) is 0 Å². The summed E-state index contributed by atoms with van der Waals surface area (Å²) in [6.45, 7) is 4.45. The molecule has 0 aliphatic carbocycles. The van der Waals surface area contributed by atoms with Crippen LogP contribution in [-0.4, -0.2) is 58.0 Å². The number of benzene rings is 1. The van der Waals surface area contributed by atoms with Gasteiger partial charge in [0.2, 0.25) is 17.6 Å². The maximum Gasteiger partial charge on any atom is 0.294 e. The summed E-state index contributed by atoms with van der Waals surface area (Å²) in [6.07, 6.45) is 3.76. The molecule has 0 bridgehead atoms. The zero-order valence-electron chi connectivity index (χ0n) is 16.6. The number of anilines is 2. The summed E-state index contributed by atoms with van der Waals surface area (Å²) in [5.41, 5.74) is 2.16. The number of nitrogens with zero attached hydrogens (tertiary/aromatic N) is 5. The Hall–Kier alpha value is -3.75. The number of aryl methyl sites for hydroxylation is 1. The highest BCUT2D eigenvalue weighted by Crippen LogP contribution is 2.15. The molecular weight excluding hydrogens is 384 g/mol. The molecule has 1 aliphatic rings. The van der Waals surface area contributed by atoms with E-state index in [2.05, 4.69) is 25.3 Å². The third kappa shape index (κ3) is 4.62. The van der Waals surface area contributed by atoms with Crippen molar-refractivity contribution in [1.82, 2.24) is 20.0 Å². The topological polar surface area (TPSA) is 104 Å². The molecule has 1 aromatic carbocycles. The van der Waals surface area contributed by atoms with E-state index in [0.29, 0.717) is 49.9 Å². The second-order valence-electron chi connectivity index (χ2n) is 7.08. The molecule has 9 nitrogen and oxygen atoms in total. The van der Waals surface area contributed by atoms with Crippen LogP contribution in [-0.2, 0) is 11.2 Å². The van der Waals surface area contributed by atoms with E-state index < -0.39 is 0 Å². The highest BCUT2D eigenvalue weighted by atomic mass is 16.5. The first-order chi connectivity index (χ1) is 14.6. The van der Waals surface area contributed by atoms with Crippen molar-refractivity contribution in [3.63, 3.8) is 0 Å². The van der Waals surface area contributed by atoms with Gasteiger partial charge in [0.25, 0.3) is 5.91 Å². The molecule has 3 heterocycles. The van der Waals surface area contributed by atoms with Gasteiger partial charge >= 0.3 is 0 Å². The Bertz CT molecular complexity index is 1010. The molecule has 154 valence electrons. The molecule has 1 aliphatic heterocycles. The number of carbonyl (C=O) groups is 2. The number of aromatic nitrogens is 3. The van der Waals surface area contributed by atoms with Crippen LogP contribution in [0.5, 0.6) is 0 Å². The lowest BCUT2D eigenvalue weighted by Crippen LogP contribution is -2.49. The first-order valence-corrected chi connectivity index (χ1v) is 9.72. The molecule has 9 heteroatoms. The van der Waals surface area contributed by atoms with Crippen LogP contribution in [0.15, 0.2) is 53.3 Å². The number of hydrogen-bond donors (Lipinski definition) is 1. The van der Waals surface area contributed by atoms with Crippen LogP contribution in [0.4, 0.5) is 11.6 Å². The zero-order valence-corrected chi connectivity index (χ0v) is 16.6. The van der Waals surface area contributed by atoms with Crippen LogP contribution in [0.3, 0.4) is 0 Å². The Labute approximate surface area is 173 Å². The average Bonchev–Trinajstić information content (AvgIpc) is 3.22. The van der Waals surface area contributed by atoms with Gasteiger partial charge in [-0.05, 0) is 30.7 Å². The molecule has 0 radical (unpaired) electrons. The van der Waals surface area contributed by atoms with Gasteiger partial charge < -0.3 is 19.6 Å². The summed E-state index contributed by atoms with van der Waals surface area (Å²) in [6, 6.07) is 10.6. The minimum atomic E-state index is -0.361. The van der Waals surface area contributed by atoms with Crippen molar-refractivity contribution >= 4 is 23.5 Å². The van der Waals surface area contributed by atoms with E-state index in [1.807, 2.05) is 17.0 Å². The molecule has 1 N–H and O–H groups in total. The molecular formula is C21H22N6O3. The Kier molecular flexibility index (Phi) is 5.69. The van der Waals surface area contributed by atoms with Crippen molar-refractivity contribution in [3.05, 3.63) is 65.8 Å². The number of amides is 2. The minimum Gasteiger partial charge on any atom is -0.351 e. The molecule has 1 fully saturated rings. The lowest BCUT2D eigenvalue weighted by molar-refractivity contribution is -0.130. The van der Waals surface area contributed by atoms with Gasteiger partial charge in [-0.25, -0.2) is 9.97 Å². The number of hydrogen-bond acceptors (Lipinski definition) is 7. The first-order valence-electron chi connectivity index (χ1n) is 9.72. The summed E-state index contributed by atoms with van der Waals surface area (Å²) < 4.78 is 4.95. The van der Waals surface area contributed by atoms with E-state index in [0.717, 1.165) is 5.56 Å². The first kappa shape index (κ1) is 19.6. The van der Waals surface area contributed by atoms with Crippen LogP contribution in [0, 0.1) is 6.92 Å². The molecule has 0 atom stereocenters. The number of carbonyl (C=O) groups excluding carboxylic acids is 2. The fraction of sp³-hybridized carbons (Fsp3) is 0.286. The molecule has 0 saturated carbocycles. The maximum absolute atomic E-state index is 12.6. The monoisotopic (exact) mass is 406 g/mol. The predicted octanol–water partition coefficient (Wildman–Crippen LogP) is 1.92. The fourth-order valence-corrected chi connectivity index (χ4v) is 3.27. The van der Waals surface area contributed by atoms with E-state index in [-0.39, 0.29) is 17.6 Å². The van der Waals surface area contributed by atoms with Crippen molar-refractivity contribution in [1.29, 1.82) is 0 Å². The normalized spacial score (nSPS) is 13.9. The molecule has 3 aromatic rings. The molecule has 0 unspecified atom stereocenters. The van der Waals surface area contributed by atoms with Crippen LogP contribution >= 0.6 is 0 Å². The van der Waals surface area contributed by atoms with Crippen LogP contribution < -0.4 is 10.2 Å². The van der Waals surface area contributed by atoms with Gasteiger partial charge in [-0.3, -0.25) is 9.59 Å². The highest BCUT2D eigenvalue weighted by Gasteiger charge is 2.22. The predicted molar refractivity (Wildman–Crippen MR) is 110 cm³/mol. The van der Waals surface area contributed by atoms with Crippen molar-refractivity contribution in [2.45, 2.75) is 13.3 Å². The van der Waals surface area contributed by atoms with E-state index >= 15 is 0 Å². The number of nitrogens with one attached hydrogen (secondary N) is 1. The quantitative estimate of drug-likeness (QED) is 0.690. The van der Waals surface area contributed by atoms with Crippen LogP contribution in [0.1, 0.15) is 21.8 Å². The summed E-state index contributed by atoms with van der Waals surface area (Å²) in [5, 5.41) is 6.45. The number of piperazine rings is 1. The Morgan fingerprint density at radius 3 is 2.40 bits per heavy atom.